The van der Waals surface area contributed by atoms with Gasteiger partial charge in [-0.3, -0.25) is 24.0 Å². The Morgan fingerprint density at radius 1 is 0.405 bits per heavy atom. The average molecular weight is 1850 g/mol. The summed E-state index contributed by atoms with van der Waals surface area (Å²) in [6, 6.07) is 31.0. The van der Waals surface area contributed by atoms with E-state index in [0.717, 1.165) is 50.1 Å². The van der Waals surface area contributed by atoms with Crippen LogP contribution in [0, 0.1) is 11.8 Å². The molecule has 37 heteroatoms. The van der Waals surface area contributed by atoms with E-state index in [-0.39, 0.29) is 202 Å². The van der Waals surface area contributed by atoms with Crippen molar-refractivity contribution in [2.45, 2.75) is 122 Å². The number of carboxylic acid groups (broad SMARTS) is 1. The summed E-state index contributed by atoms with van der Waals surface area (Å²) < 4.78 is 123. The number of amides is 4. The molecule has 3 heterocycles. The summed E-state index contributed by atoms with van der Waals surface area (Å²) in [4.78, 5) is 75.0. The minimum atomic E-state index is -3.93. The van der Waals surface area contributed by atoms with Crippen LogP contribution in [0.25, 0.3) is 0 Å². The second-order valence-corrected chi connectivity index (χ2v) is 38.7. The Labute approximate surface area is 739 Å². The van der Waals surface area contributed by atoms with Crippen molar-refractivity contribution in [3.8, 4) is 0 Å². The van der Waals surface area contributed by atoms with Gasteiger partial charge in [-0.2, -0.15) is 0 Å². The molecule has 28 nitrogen and oxygen atoms in total. The number of halogens is 6. The fourth-order valence-corrected chi connectivity index (χ4v) is 20.7. The molecule has 0 radical (unpaired) electrons. The second kappa shape index (κ2) is 46.8. The molecule has 1 aliphatic carbocycles. The molecular weight excluding hydrogens is 1750 g/mol. The number of ether oxygens (including phenoxy) is 6. The normalized spacial score (nSPS) is 17.9. The molecule has 5 atom stereocenters. The number of hydrogen-bond acceptors (Lipinski definition) is 20. The Morgan fingerprint density at radius 3 is 0.992 bits per heavy atom. The van der Waals surface area contributed by atoms with Gasteiger partial charge in [-0.05, 0) is 176 Å². The predicted octanol–water partition coefficient (Wildman–Crippen LogP) is 10.1. The molecular formula is C84H108Cl6N10O18S3. The van der Waals surface area contributed by atoms with Gasteiger partial charge in [-0.25, -0.2) is 39.4 Å². The van der Waals surface area contributed by atoms with E-state index >= 15 is 0 Å². The highest BCUT2D eigenvalue weighted by Gasteiger charge is 2.41. The molecule has 6 aromatic rings. The zero-order valence-corrected chi connectivity index (χ0v) is 75.0. The van der Waals surface area contributed by atoms with Gasteiger partial charge < -0.3 is 69.5 Å². The number of carbonyl (C=O) groups is 5. The van der Waals surface area contributed by atoms with E-state index < -0.39 is 77.0 Å². The van der Waals surface area contributed by atoms with Crippen molar-refractivity contribution >= 4 is 129 Å². The predicted molar refractivity (Wildman–Crippen MR) is 464 cm³/mol. The molecule has 0 aromatic heterocycles. The maximum atomic E-state index is 14.5. The zero-order chi connectivity index (χ0) is 86.9. The fourth-order valence-electron chi connectivity index (χ4n) is 15.8. The van der Waals surface area contributed by atoms with Crippen LogP contribution in [0.5, 0.6) is 0 Å². The van der Waals surface area contributed by atoms with E-state index in [1.807, 2.05) is 57.5 Å². The number of likely N-dealkylation sites (N-methyl/N-ethyl adjacent to an activating group) is 3. The lowest BCUT2D eigenvalue weighted by atomic mass is 9.77. The maximum absolute atomic E-state index is 14.5. The molecule has 1 fully saturated rings. The van der Waals surface area contributed by atoms with E-state index in [0.29, 0.717) is 82.2 Å². The first-order valence-electron chi connectivity index (χ1n) is 40.5. The number of hydrogen-bond donors (Lipinski definition) is 8. The topological polar surface area (TPSA) is 357 Å². The van der Waals surface area contributed by atoms with Crippen molar-refractivity contribution < 1.29 is 82.8 Å². The van der Waals surface area contributed by atoms with E-state index in [1.54, 1.807) is 54.6 Å². The third-order valence-electron chi connectivity index (χ3n) is 21.9. The standard InChI is InChI=1S/C84H108Cl6N10O18S3/c1-98-50-70(67-44-59(85)47-76(88)73(67)53-98)56-9-6-12-62(41-56)119(107,108)94-26-32-116-38-35-113-29-23-91-79(101)17-20-84(97-82(104)65-15-4-5-16-66(65)83(105)106,21-18-80(102)92-24-30-114-36-39-117-33-27-95-120(109,110)63-13-7-10-57(42-63)71-51-99(2)54-74-68(71)45-60(86)48-77(74)89)22-19-81(103)93-25-31-115-37-40-118-34-28-96-121(111,112)64-14-8-11-58(43-64)72-52-100(3)55-75-69(72)46-61(87)49-78(75)90/h6-14,41-49,65-66,70-72,94-96H,4-5,15-40,50-55H2,1-3H3,(H,91,101)(H,92,102)(H,93,103)(H,97,104)(H,105,106)/t65-,66-,70-,71-,72-/m0/s1. The van der Waals surface area contributed by atoms with Crippen LogP contribution in [0.3, 0.4) is 0 Å². The quantitative estimate of drug-likeness (QED) is 0.0165. The van der Waals surface area contributed by atoms with Gasteiger partial charge in [0.2, 0.25) is 53.7 Å². The van der Waals surface area contributed by atoms with Crippen LogP contribution in [-0.2, 0) is 102 Å². The van der Waals surface area contributed by atoms with Crippen LogP contribution < -0.4 is 35.4 Å². The van der Waals surface area contributed by atoms with Crippen LogP contribution in [0.2, 0.25) is 30.1 Å². The molecule has 8 N–H and O–H groups in total. The molecule has 0 bridgehead atoms. The van der Waals surface area contributed by atoms with Crippen molar-refractivity contribution in [1.82, 2.24) is 50.1 Å². The first-order valence-corrected chi connectivity index (χ1v) is 47.2. The molecule has 4 aliphatic rings. The first-order chi connectivity index (χ1) is 57.9. The van der Waals surface area contributed by atoms with Crippen molar-refractivity contribution in [2.75, 3.05) is 159 Å². The maximum Gasteiger partial charge on any atom is 0.307 e. The monoisotopic (exact) mass is 1850 g/mol. The van der Waals surface area contributed by atoms with Crippen molar-refractivity contribution in [1.29, 1.82) is 0 Å². The number of fused-ring (bicyclic) bond motifs is 3. The molecule has 0 spiro atoms. The number of nitrogens with zero attached hydrogens (tertiary/aromatic N) is 3. The van der Waals surface area contributed by atoms with Crippen molar-refractivity contribution in [3.05, 3.63) is 189 Å². The number of sulfonamides is 3. The zero-order valence-electron chi connectivity index (χ0n) is 68.0. The van der Waals surface area contributed by atoms with Gasteiger partial charge >= 0.3 is 5.97 Å². The van der Waals surface area contributed by atoms with Crippen molar-refractivity contribution in [3.63, 3.8) is 0 Å². The lowest BCUT2D eigenvalue weighted by molar-refractivity contribution is -0.149. The number of aliphatic carboxylic acids is 1. The number of carbonyl (C=O) groups excluding carboxylic acids is 4. The molecule has 10 rings (SSSR count). The molecule has 3 aliphatic heterocycles. The molecule has 4 amide bonds. The smallest absolute Gasteiger partial charge is 0.307 e. The summed E-state index contributed by atoms with van der Waals surface area (Å²) in [5, 5.41) is 25.0. The Balaban J connectivity index is 0.677. The molecule has 1 saturated carbocycles. The van der Waals surface area contributed by atoms with E-state index in [2.05, 4.69) is 50.1 Å². The number of rotatable bonds is 48. The third kappa shape index (κ3) is 28.9. The van der Waals surface area contributed by atoms with Crippen LogP contribution in [0.15, 0.2) is 124 Å². The Hall–Kier alpha value is -6.22. The van der Waals surface area contributed by atoms with Gasteiger partial charge in [0.15, 0.2) is 0 Å². The highest BCUT2D eigenvalue weighted by atomic mass is 35.5. The minimum absolute atomic E-state index is 0.0226. The Bertz CT molecular complexity index is 4470. The number of carboxylic acids is 1. The molecule has 0 saturated heterocycles. The largest absolute Gasteiger partial charge is 0.481 e. The average Bonchev–Trinajstić information content (AvgIpc) is 0.781. The van der Waals surface area contributed by atoms with E-state index in [9.17, 15) is 54.3 Å². The molecule has 121 heavy (non-hydrogen) atoms. The van der Waals surface area contributed by atoms with Crippen LogP contribution >= 0.6 is 69.6 Å². The van der Waals surface area contributed by atoms with Crippen molar-refractivity contribution in [2.24, 2.45) is 11.8 Å². The van der Waals surface area contributed by atoms with Gasteiger partial charge in [0, 0.05) is 151 Å². The molecule has 6 aromatic carbocycles. The number of nitrogens with one attached hydrogen (secondary N) is 7. The van der Waals surface area contributed by atoms with Gasteiger partial charge in [0.25, 0.3) is 0 Å². The summed E-state index contributed by atoms with van der Waals surface area (Å²) in [6.07, 6.45) is 0.994. The molecule has 0 unspecified atom stereocenters. The second-order valence-electron chi connectivity index (χ2n) is 30.9. The summed E-state index contributed by atoms with van der Waals surface area (Å²) in [5.74, 6) is -5.44. The lowest BCUT2D eigenvalue weighted by Gasteiger charge is -2.38. The fraction of sp³-hybridized carbons (Fsp3) is 0.512. The van der Waals surface area contributed by atoms with Crippen LogP contribution in [-0.4, -0.2) is 240 Å². The Morgan fingerprint density at radius 2 is 0.694 bits per heavy atom. The van der Waals surface area contributed by atoms with Crippen LogP contribution in [0.1, 0.15) is 132 Å². The van der Waals surface area contributed by atoms with Gasteiger partial charge in [-0.15, -0.1) is 0 Å². The SMILES string of the molecule is CN1Cc2c(Cl)cc(Cl)cc2[C@H](c2cccc(S(=O)(=O)NCCOCCOCCNC(=O)CCC(CCC(=O)NCCOCCOCCNS(=O)(=O)c3cccc([C@@H]4CN(C)Cc5c(Cl)cc(Cl)cc54)c3)(CCC(=O)NCCOCCOCCNS(=O)(=O)c3cccc([C@@H]4CN(C)Cc5c(Cl)cc(Cl)cc54)c3)NC(=O)[C@H]3CCCC[C@@H]3C(=O)O)c2)C1. The van der Waals surface area contributed by atoms with E-state index in [1.165, 1.54) is 18.2 Å². The first kappa shape index (κ1) is 97.0. The summed E-state index contributed by atoms with van der Waals surface area (Å²) >= 11 is 39.0. The molecule has 662 valence electrons. The summed E-state index contributed by atoms with van der Waals surface area (Å²) in [5.41, 5.74) is 6.67. The highest BCUT2D eigenvalue weighted by Crippen LogP contribution is 2.43. The van der Waals surface area contributed by atoms with Crippen LogP contribution in [0.4, 0.5) is 0 Å². The van der Waals surface area contributed by atoms with Gasteiger partial charge in [0.05, 0.1) is 106 Å². The lowest BCUT2D eigenvalue weighted by Crippen LogP contribution is -2.54. The number of benzene rings is 6. The summed E-state index contributed by atoms with van der Waals surface area (Å²) in [7, 11) is -5.86. The highest BCUT2D eigenvalue weighted by molar-refractivity contribution is 7.90. The van der Waals surface area contributed by atoms with E-state index in [4.69, 9.17) is 98.0 Å². The van der Waals surface area contributed by atoms with Gasteiger partial charge in [-0.1, -0.05) is 119 Å². The van der Waals surface area contributed by atoms with Gasteiger partial charge in [0.1, 0.15) is 0 Å². The minimum Gasteiger partial charge on any atom is -0.481 e. The third-order valence-corrected chi connectivity index (χ3v) is 28.0. The Kier molecular flexibility index (Phi) is 37.5. The summed E-state index contributed by atoms with van der Waals surface area (Å²) in [6.45, 7) is 4.91.